The fourth-order valence-corrected chi connectivity index (χ4v) is 1.96. The zero-order valence-electron chi connectivity index (χ0n) is 4.91. The standard InChI is InChI=1S/C4H12OPS2/c1-2-3-4-6(5,7)8/h5,7-8H,2-4H2,1H3/q+1. The topological polar surface area (TPSA) is 20.2 Å². The molecule has 0 saturated carbocycles. The summed E-state index contributed by atoms with van der Waals surface area (Å²) in [6.45, 7) is 2.08. The fraction of sp³-hybridized carbons (Fsp3) is 1.00. The average Bonchev–Trinajstić information content (AvgIpc) is 1.59. The molecule has 0 aromatic heterocycles. The van der Waals surface area contributed by atoms with Crippen LogP contribution >= 0.6 is 30.4 Å². The van der Waals surface area contributed by atoms with Crippen LogP contribution in [0.4, 0.5) is 0 Å². The van der Waals surface area contributed by atoms with Crippen LogP contribution in [0.25, 0.3) is 0 Å². The normalized spacial score (nSPS) is 12.0. The van der Waals surface area contributed by atoms with E-state index in [4.69, 9.17) is 4.89 Å². The third-order valence-corrected chi connectivity index (χ3v) is 2.93. The zero-order chi connectivity index (χ0) is 6.62. The number of thiol groups is 2. The Kier molecular flexibility index (Phi) is 4.54. The molecule has 0 aromatic rings. The highest BCUT2D eigenvalue weighted by molar-refractivity contribution is 8.83. The third-order valence-electron chi connectivity index (χ3n) is 0.812. The molecule has 0 aliphatic heterocycles. The van der Waals surface area contributed by atoms with E-state index < -0.39 is 5.89 Å². The lowest BCUT2D eigenvalue weighted by atomic mass is 10.4. The van der Waals surface area contributed by atoms with Crippen molar-refractivity contribution in [3.05, 3.63) is 0 Å². The molecule has 0 fully saturated rings. The van der Waals surface area contributed by atoms with Gasteiger partial charge in [0.05, 0.1) is 0 Å². The van der Waals surface area contributed by atoms with Gasteiger partial charge in [0.2, 0.25) is 0 Å². The molecule has 4 heteroatoms. The van der Waals surface area contributed by atoms with E-state index in [0.717, 1.165) is 19.0 Å². The summed E-state index contributed by atoms with van der Waals surface area (Å²) in [4.78, 5) is 8.99. The lowest BCUT2D eigenvalue weighted by molar-refractivity contribution is 0.631. The minimum atomic E-state index is -2.04. The molecule has 0 unspecified atom stereocenters. The molecule has 0 amide bonds. The van der Waals surface area contributed by atoms with Crippen molar-refractivity contribution in [3.8, 4) is 0 Å². The summed E-state index contributed by atoms with van der Waals surface area (Å²) in [5.41, 5.74) is 0. The van der Waals surface area contributed by atoms with Crippen molar-refractivity contribution in [3.63, 3.8) is 0 Å². The molecule has 8 heavy (non-hydrogen) atoms. The minimum Gasteiger partial charge on any atom is -0.228 e. The molecule has 0 saturated heterocycles. The first-order valence-electron chi connectivity index (χ1n) is 2.62. The maximum Gasteiger partial charge on any atom is 0.252 e. The quantitative estimate of drug-likeness (QED) is 0.440. The largest absolute Gasteiger partial charge is 0.252 e. The van der Waals surface area contributed by atoms with E-state index in [1.165, 1.54) is 0 Å². The number of hydrogen-bond acceptors (Lipinski definition) is 3. The SMILES string of the molecule is CCCC[P+](O)(S)S. The molecule has 0 spiro atoms. The Balaban J connectivity index is 3.11. The Bertz CT molecular complexity index is 61.5. The second-order valence-electron chi connectivity index (χ2n) is 1.77. The molecule has 0 bridgehead atoms. The maximum atomic E-state index is 8.99. The van der Waals surface area contributed by atoms with Crippen molar-refractivity contribution in [1.82, 2.24) is 0 Å². The van der Waals surface area contributed by atoms with Gasteiger partial charge in [-0.2, -0.15) is 0 Å². The third kappa shape index (κ3) is 7.09. The Morgan fingerprint density at radius 1 is 1.50 bits per heavy atom. The highest BCUT2D eigenvalue weighted by atomic mass is 33.1. The van der Waals surface area contributed by atoms with Crippen molar-refractivity contribution < 1.29 is 4.89 Å². The van der Waals surface area contributed by atoms with Gasteiger partial charge in [0.15, 0.2) is 0 Å². The highest BCUT2D eigenvalue weighted by Gasteiger charge is 2.23. The Morgan fingerprint density at radius 2 is 2.00 bits per heavy atom. The van der Waals surface area contributed by atoms with E-state index >= 15 is 0 Å². The lowest BCUT2D eigenvalue weighted by Crippen LogP contribution is -1.81. The van der Waals surface area contributed by atoms with Gasteiger partial charge >= 0.3 is 0 Å². The smallest absolute Gasteiger partial charge is 0.228 e. The summed E-state index contributed by atoms with van der Waals surface area (Å²) in [6.07, 6.45) is 2.89. The van der Waals surface area contributed by atoms with E-state index in [9.17, 15) is 0 Å². The van der Waals surface area contributed by atoms with Crippen LogP contribution in [0.15, 0.2) is 0 Å². The van der Waals surface area contributed by atoms with Crippen LogP contribution < -0.4 is 0 Å². The van der Waals surface area contributed by atoms with Gasteiger partial charge in [-0.05, 0) is 6.42 Å². The highest BCUT2D eigenvalue weighted by Crippen LogP contribution is 2.64. The number of rotatable bonds is 3. The number of unbranched alkanes of at least 4 members (excludes halogenated alkanes) is 1. The molecule has 0 rings (SSSR count). The Morgan fingerprint density at radius 3 is 2.12 bits per heavy atom. The van der Waals surface area contributed by atoms with E-state index in [1.807, 2.05) is 0 Å². The van der Waals surface area contributed by atoms with E-state index in [2.05, 4.69) is 31.4 Å². The lowest BCUT2D eigenvalue weighted by Gasteiger charge is -2.01. The zero-order valence-corrected chi connectivity index (χ0v) is 7.59. The molecular formula is C4H12OPS2+. The van der Waals surface area contributed by atoms with Crippen molar-refractivity contribution in [2.45, 2.75) is 19.8 Å². The van der Waals surface area contributed by atoms with E-state index in [-0.39, 0.29) is 0 Å². The molecule has 1 nitrogen and oxygen atoms in total. The van der Waals surface area contributed by atoms with Crippen molar-refractivity contribution in [2.24, 2.45) is 0 Å². The average molecular weight is 171 g/mol. The summed E-state index contributed by atoms with van der Waals surface area (Å²) in [5, 5.41) is 0. The van der Waals surface area contributed by atoms with Gasteiger partial charge in [-0.15, -0.1) is 0 Å². The first-order valence-corrected chi connectivity index (χ1v) is 6.86. The summed E-state index contributed by atoms with van der Waals surface area (Å²) in [5.74, 6) is -2.04. The van der Waals surface area contributed by atoms with Crippen LogP contribution in [0.3, 0.4) is 0 Å². The second kappa shape index (κ2) is 3.99. The van der Waals surface area contributed by atoms with Crippen LogP contribution in [-0.2, 0) is 0 Å². The maximum absolute atomic E-state index is 8.99. The van der Waals surface area contributed by atoms with Crippen LogP contribution in [0.2, 0.25) is 0 Å². The Hall–Kier alpha value is 1.09. The summed E-state index contributed by atoms with van der Waals surface area (Å²) < 4.78 is 0. The molecule has 1 N–H and O–H groups in total. The van der Waals surface area contributed by atoms with Crippen LogP contribution in [0.1, 0.15) is 19.8 Å². The minimum absolute atomic E-state index is 0.760. The second-order valence-corrected chi connectivity index (χ2v) is 8.52. The van der Waals surface area contributed by atoms with Gasteiger partial charge in [0, 0.05) is 24.5 Å². The van der Waals surface area contributed by atoms with E-state index in [1.54, 1.807) is 0 Å². The molecule has 0 aromatic carbocycles. The Labute approximate surface area is 61.6 Å². The van der Waals surface area contributed by atoms with Crippen LogP contribution in [0, 0.1) is 0 Å². The number of hydrogen-bond donors (Lipinski definition) is 3. The monoisotopic (exact) mass is 171 g/mol. The summed E-state index contributed by atoms with van der Waals surface area (Å²) in [6, 6.07) is 0. The van der Waals surface area contributed by atoms with E-state index in [0.29, 0.717) is 0 Å². The first kappa shape index (κ1) is 9.09. The molecule has 0 aliphatic carbocycles. The van der Waals surface area contributed by atoms with Crippen molar-refractivity contribution >= 4 is 30.4 Å². The van der Waals surface area contributed by atoms with Gasteiger partial charge < -0.3 is 0 Å². The van der Waals surface area contributed by atoms with Crippen molar-refractivity contribution in [2.75, 3.05) is 6.16 Å². The van der Waals surface area contributed by atoms with Crippen LogP contribution in [-0.4, -0.2) is 11.1 Å². The first-order chi connectivity index (χ1) is 3.56. The molecule has 0 radical (unpaired) electrons. The van der Waals surface area contributed by atoms with Gasteiger partial charge in [-0.25, -0.2) is 4.89 Å². The van der Waals surface area contributed by atoms with Crippen LogP contribution in [0.5, 0.6) is 0 Å². The van der Waals surface area contributed by atoms with Gasteiger partial charge in [-0.1, -0.05) is 13.3 Å². The predicted octanol–water partition coefficient (Wildman–Crippen LogP) is 2.40. The fourth-order valence-electron chi connectivity index (χ4n) is 0.370. The predicted molar refractivity (Wildman–Crippen MR) is 46.9 cm³/mol. The van der Waals surface area contributed by atoms with Gasteiger partial charge in [0.1, 0.15) is 6.16 Å². The molecule has 0 atom stereocenters. The summed E-state index contributed by atoms with van der Waals surface area (Å²) >= 11 is 7.84. The summed E-state index contributed by atoms with van der Waals surface area (Å²) in [7, 11) is 0. The molecule has 0 aliphatic rings. The molecular weight excluding hydrogens is 159 g/mol. The van der Waals surface area contributed by atoms with Gasteiger partial charge in [-0.3, -0.25) is 0 Å². The van der Waals surface area contributed by atoms with Gasteiger partial charge in [0.25, 0.3) is 5.89 Å². The molecule has 50 valence electrons. The molecule has 0 heterocycles. The van der Waals surface area contributed by atoms with Crippen molar-refractivity contribution in [1.29, 1.82) is 0 Å².